The molecule has 1 amide bonds. The largest absolute Gasteiger partial charge is 0.399 e. The molecule has 2 aromatic carbocycles. The van der Waals surface area contributed by atoms with E-state index in [1.807, 2.05) is 25.1 Å². The summed E-state index contributed by atoms with van der Waals surface area (Å²) >= 11 is 9.28. The SMILES string of the molecule is Cc1ccc(Br)c(NC(=O)c2cc(N)cc(Cl)c2)c1. The topological polar surface area (TPSA) is 55.1 Å². The zero-order chi connectivity index (χ0) is 14.0. The molecule has 0 aromatic heterocycles. The Morgan fingerprint density at radius 2 is 2.00 bits per heavy atom. The maximum Gasteiger partial charge on any atom is 0.255 e. The van der Waals surface area contributed by atoms with Crippen LogP contribution in [0.15, 0.2) is 40.9 Å². The molecule has 3 N–H and O–H groups in total. The summed E-state index contributed by atoms with van der Waals surface area (Å²) in [5.41, 5.74) is 8.33. The third kappa shape index (κ3) is 3.49. The van der Waals surface area contributed by atoms with E-state index in [1.54, 1.807) is 18.2 Å². The number of nitrogens with two attached hydrogens (primary N) is 1. The van der Waals surface area contributed by atoms with E-state index in [9.17, 15) is 4.79 Å². The molecule has 0 bridgehead atoms. The maximum absolute atomic E-state index is 12.1. The number of rotatable bonds is 2. The van der Waals surface area contributed by atoms with Crippen LogP contribution in [0.4, 0.5) is 11.4 Å². The molecule has 0 heterocycles. The van der Waals surface area contributed by atoms with Gasteiger partial charge < -0.3 is 11.1 Å². The van der Waals surface area contributed by atoms with Crippen LogP contribution in [0.2, 0.25) is 5.02 Å². The third-order valence-electron chi connectivity index (χ3n) is 2.55. The second kappa shape index (κ2) is 5.63. The first-order chi connectivity index (χ1) is 8.95. The summed E-state index contributed by atoms with van der Waals surface area (Å²) in [6.07, 6.45) is 0. The van der Waals surface area contributed by atoms with Crippen molar-refractivity contribution in [2.75, 3.05) is 11.1 Å². The second-order valence-corrected chi connectivity index (χ2v) is 5.50. The molecule has 0 saturated carbocycles. The van der Waals surface area contributed by atoms with Crippen molar-refractivity contribution in [2.45, 2.75) is 6.92 Å². The Hall–Kier alpha value is -1.52. The molecule has 0 spiro atoms. The van der Waals surface area contributed by atoms with Gasteiger partial charge in [0.15, 0.2) is 0 Å². The quantitative estimate of drug-likeness (QED) is 0.804. The Bertz CT molecular complexity index is 623. The van der Waals surface area contributed by atoms with Gasteiger partial charge in [0, 0.05) is 20.7 Å². The van der Waals surface area contributed by atoms with Crippen molar-refractivity contribution in [3.8, 4) is 0 Å². The van der Waals surface area contributed by atoms with Crippen LogP contribution in [0.5, 0.6) is 0 Å². The van der Waals surface area contributed by atoms with Gasteiger partial charge in [-0.05, 0) is 58.7 Å². The van der Waals surface area contributed by atoms with Gasteiger partial charge in [-0.25, -0.2) is 0 Å². The van der Waals surface area contributed by atoms with Crippen molar-refractivity contribution < 1.29 is 4.79 Å². The summed E-state index contributed by atoms with van der Waals surface area (Å²) in [6, 6.07) is 10.5. The summed E-state index contributed by atoms with van der Waals surface area (Å²) in [4.78, 5) is 12.1. The fourth-order valence-corrected chi connectivity index (χ4v) is 2.26. The number of benzene rings is 2. The molecule has 2 aromatic rings. The van der Waals surface area contributed by atoms with Crippen LogP contribution >= 0.6 is 27.5 Å². The molecule has 0 aliphatic rings. The number of carbonyl (C=O) groups is 1. The molecular formula is C14H12BrClN2O. The number of hydrogen-bond donors (Lipinski definition) is 2. The lowest BCUT2D eigenvalue weighted by Gasteiger charge is -2.09. The van der Waals surface area contributed by atoms with Gasteiger partial charge in [-0.1, -0.05) is 17.7 Å². The molecule has 0 unspecified atom stereocenters. The first kappa shape index (κ1) is 13.9. The Morgan fingerprint density at radius 1 is 1.26 bits per heavy atom. The van der Waals surface area contributed by atoms with Crippen LogP contribution in [-0.4, -0.2) is 5.91 Å². The van der Waals surface area contributed by atoms with Crippen molar-refractivity contribution in [1.82, 2.24) is 0 Å². The van der Waals surface area contributed by atoms with Crippen LogP contribution in [0.3, 0.4) is 0 Å². The second-order valence-electron chi connectivity index (χ2n) is 4.21. The first-order valence-electron chi connectivity index (χ1n) is 5.59. The van der Waals surface area contributed by atoms with Gasteiger partial charge in [0.2, 0.25) is 0 Å². The molecule has 0 saturated heterocycles. The monoisotopic (exact) mass is 338 g/mol. The normalized spacial score (nSPS) is 10.3. The number of carbonyl (C=O) groups excluding carboxylic acids is 1. The van der Waals surface area contributed by atoms with E-state index >= 15 is 0 Å². The number of nitrogen functional groups attached to an aromatic ring is 1. The van der Waals surface area contributed by atoms with Crippen molar-refractivity contribution in [3.05, 3.63) is 57.0 Å². The van der Waals surface area contributed by atoms with Crippen molar-refractivity contribution in [2.24, 2.45) is 0 Å². The lowest BCUT2D eigenvalue weighted by Crippen LogP contribution is -2.12. The Balaban J connectivity index is 2.28. The minimum atomic E-state index is -0.250. The van der Waals surface area contributed by atoms with E-state index in [-0.39, 0.29) is 5.91 Å². The van der Waals surface area contributed by atoms with E-state index in [2.05, 4.69) is 21.2 Å². The summed E-state index contributed by atoms with van der Waals surface area (Å²) in [5.74, 6) is -0.250. The highest BCUT2D eigenvalue weighted by molar-refractivity contribution is 9.10. The number of amides is 1. The highest BCUT2D eigenvalue weighted by Gasteiger charge is 2.10. The van der Waals surface area contributed by atoms with Gasteiger partial charge in [0.05, 0.1) is 5.69 Å². The van der Waals surface area contributed by atoms with Gasteiger partial charge >= 0.3 is 0 Å². The Kier molecular flexibility index (Phi) is 4.12. The first-order valence-corrected chi connectivity index (χ1v) is 6.76. The molecule has 0 radical (unpaired) electrons. The predicted molar refractivity (Wildman–Crippen MR) is 82.7 cm³/mol. The standard InChI is InChI=1S/C14H12BrClN2O/c1-8-2-3-12(15)13(4-8)18-14(19)9-5-10(16)7-11(17)6-9/h2-7H,17H2,1H3,(H,18,19). The highest BCUT2D eigenvalue weighted by Crippen LogP contribution is 2.24. The maximum atomic E-state index is 12.1. The molecule has 19 heavy (non-hydrogen) atoms. The lowest BCUT2D eigenvalue weighted by molar-refractivity contribution is 0.102. The molecule has 98 valence electrons. The predicted octanol–water partition coefficient (Wildman–Crippen LogP) is 4.25. The zero-order valence-electron chi connectivity index (χ0n) is 10.2. The van der Waals surface area contributed by atoms with Crippen molar-refractivity contribution >= 4 is 44.8 Å². The summed E-state index contributed by atoms with van der Waals surface area (Å²) < 4.78 is 0.821. The molecule has 0 fully saturated rings. The van der Waals surface area contributed by atoms with Crippen molar-refractivity contribution in [1.29, 1.82) is 0 Å². The summed E-state index contributed by atoms with van der Waals surface area (Å²) in [5, 5.41) is 3.26. The molecule has 3 nitrogen and oxygen atoms in total. The number of hydrogen-bond acceptors (Lipinski definition) is 2. The van der Waals surface area contributed by atoms with E-state index in [4.69, 9.17) is 17.3 Å². The van der Waals surface area contributed by atoms with Crippen LogP contribution in [0.25, 0.3) is 0 Å². The minimum absolute atomic E-state index is 0.250. The summed E-state index contributed by atoms with van der Waals surface area (Å²) in [6.45, 7) is 1.96. The van der Waals surface area contributed by atoms with Gasteiger partial charge in [0.25, 0.3) is 5.91 Å². The van der Waals surface area contributed by atoms with Crippen LogP contribution in [0, 0.1) is 6.92 Å². The van der Waals surface area contributed by atoms with Gasteiger partial charge in [0.1, 0.15) is 0 Å². The number of nitrogens with one attached hydrogen (secondary N) is 1. The molecular weight excluding hydrogens is 328 g/mol. The highest BCUT2D eigenvalue weighted by atomic mass is 79.9. The van der Waals surface area contributed by atoms with Crippen LogP contribution < -0.4 is 11.1 Å². The lowest BCUT2D eigenvalue weighted by atomic mass is 10.1. The van der Waals surface area contributed by atoms with E-state index in [1.165, 1.54) is 0 Å². The van der Waals surface area contributed by atoms with E-state index < -0.39 is 0 Å². The number of anilines is 2. The molecule has 0 aliphatic heterocycles. The van der Waals surface area contributed by atoms with Gasteiger partial charge in [-0.2, -0.15) is 0 Å². The molecule has 2 rings (SSSR count). The van der Waals surface area contributed by atoms with Crippen LogP contribution in [0.1, 0.15) is 15.9 Å². The molecule has 0 aliphatic carbocycles. The third-order valence-corrected chi connectivity index (χ3v) is 3.46. The van der Waals surface area contributed by atoms with E-state index in [0.717, 1.165) is 10.0 Å². The number of aryl methyl sites for hydroxylation is 1. The smallest absolute Gasteiger partial charge is 0.255 e. The fourth-order valence-electron chi connectivity index (χ4n) is 1.67. The van der Waals surface area contributed by atoms with Crippen molar-refractivity contribution in [3.63, 3.8) is 0 Å². The average Bonchev–Trinajstić information content (AvgIpc) is 2.32. The summed E-state index contributed by atoms with van der Waals surface area (Å²) in [7, 11) is 0. The van der Waals surface area contributed by atoms with E-state index in [0.29, 0.717) is 22.0 Å². The molecule has 5 heteroatoms. The number of halogens is 2. The Labute approximate surface area is 124 Å². The van der Waals surface area contributed by atoms with Gasteiger partial charge in [-0.15, -0.1) is 0 Å². The van der Waals surface area contributed by atoms with Gasteiger partial charge in [-0.3, -0.25) is 4.79 Å². The zero-order valence-corrected chi connectivity index (χ0v) is 12.5. The minimum Gasteiger partial charge on any atom is -0.399 e. The Morgan fingerprint density at radius 3 is 2.68 bits per heavy atom. The van der Waals surface area contributed by atoms with Crippen LogP contribution in [-0.2, 0) is 0 Å². The fraction of sp³-hybridized carbons (Fsp3) is 0.0714. The average molecular weight is 340 g/mol. The molecule has 0 atom stereocenters.